The molecule has 2 N–H and O–H groups in total. The smallest absolute Gasteiger partial charge is 0.0949 e. The van der Waals surface area contributed by atoms with E-state index in [1.54, 1.807) is 0 Å². The van der Waals surface area contributed by atoms with Crippen LogP contribution in [0.25, 0.3) is 0 Å². The van der Waals surface area contributed by atoms with E-state index < -0.39 is 0 Å². The summed E-state index contributed by atoms with van der Waals surface area (Å²) in [7, 11) is 0. The molecule has 1 heterocycles. The summed E-state index contributed by atoms with van der Waals surface area (Å²) in [6.07, 6.45) is 5.93. The van der Waals surface area contributed by atoms with Gasteiger partial charge in [-0.05, 0) is 38.5 Å². The molecule has 0 spiro atoms. The van der Waals surface area contributed by atoms with Crippen LogP contribution in [0.2, 0.25) is 0 Å². The Kier molecular flexibility index (Phi) is 4.12. The molecule has 2 rings (SSSR count). The topological polar surface area (TPSA) is 38.9 Å². The van der Waals surface area contributed by atoms with Crippen LogP contribution in [0.1, 0.15) is 55.1 Å². The quantitative estimate of drug-likeness (QED) is 0.902. The van der Waals surface area contributed by atoms with E-state index in [0.29, 0.717) is 0 Å². The van der Waals surface area contributed by atoms with Gasteiger partial charge in [-0.25, -0.2) is 4.98 Å². The molecule has 102 valence electrons. The predicted molar refractivity (Wildman–Crippen MR) is 79.0 cm³/mol. The summed E-state index contributed by atoms with van der Waals surface area (Å²) in [5, 5.41) is 1.23. The molecule has 0 radical (unpaired) electrons. The minimum atomic E-state index is -0.01000. The van der Waals surface area contributed by atoms with Gasteiger partial charge in [0.2, 0.25) is 0 Å². The molecule has 0 amide bonds. The zero-order valence-corrected chi connectivity index (χ0v) is 12.9. The monoisotopic (exact) mass is 266 g/mol. The van der Waals surface area contributed by atoms with Crippen molar-refractivity contribution in [2.24, 2.45) is 17.6 Å². The van der Waals surface area contributed by atoms with Gasteiger partial charge in [0.15, 0.2) is 0 Å². The van der Waals surface area contributed by atoms with E-state index >= 15 is 0 Å². The first-order valence-electron chi connectivity index (χ1n) is 7.11. The number of rotatable bonds is 3. The normalized spacial score (nSPS) is 28.9. The molecule has 1 saturated carbocycles. The molecule has 0 aromatic carbocycles. The van der Waals surface area contributed by atoms with Gasteiger partial charge in [0.1, 0.15) is 0 Å². The molecule has 2 atom stereocenters. The van der Waals surface area contributed by atoms with Crippen LogP contribution in [-0.4, -0.2) is 10.5 Å². The van der Waals surface area contributed by atoms with Gasteiger partial charge in [-0.15, -0.1) is 11.3 Å². The van der Waals surface area contributed by atoms with Crippen molar-refractivity contribution in [1.29, 1.82) is 0 Å². The number of nitrogens with zero attached hydrogens (tertiary/aromatic N) is 1. The molecular weight excluding hydrogens is 240 g/mol. The summed E-state index contributed by atoms with van der Waals surface area (Å²) in [4.78, 5) is 6.00. The summed E-state index contributed by atoms with van der Waals surface area (Å²) < 4.78 is 0. The van der Waals surface area contributed by atoms with E-state index in [-0.39, 0.29) is 5.54 Å². The van der Waals surface area contributed by atoms with Crippen molar-refractivity contribution in [3.63, 3.8) is 0 Å². The summed E-state index contributed by atoms with van der Waals surface area (Å²) in [6, 6.07) is 0. The highest BCUT2D eigenvalue weighted by Crippen LogP contribution is 2.37. The van der Waals surface area contributed by atoms with Gasteiger partial charge in [0, 0.05) is 16.8 Å². The van der Waals surface area contributed by atoms with Crippen LogP contribution in [0, 0.1) is 25.7 Å². The SMILES string of the molecule is Cc1nc(CC2(N)CCCC(C(C)C)C2)sc1C. The Balaban J connectivity index is 2.06. The van der Waals surface area contributed by atoms with Gasteiger partial charge in [0.05, 0.1) is 10.7 Å². The Morgan fingerprint density at radius 3 is 2.72 bits per heavy atom. The number of aryl methyl sites for hydroxylation is 2. The van der Waals surface area contributed by atoms with Gasteiger partial charge in [0.25, 0.3) is 0 Å². The molecule has 0 aliphatic heterocycles. The summed E-state index contributed by atoms with van der Waals surface area (Å²) in [6.45, 7) is 8.90. The van der Waals surface area contributed by atoms with E-state index in [4.69, 9.17) is 5.73 Å². The van der Waals surface area contributed by atoms with Crippen LogP contribution in [0.4, 0.5) is 0 Å². The number of aromatic nitrogens is 1. The maximum absolute atomic E-state index is 6.65. The maximum atomic E-state index is 6.65. The first-order valence-corrected chi connectivity index (χ1v) is 7.93. The molecule has 1 aromatic heterocycles. The average Bonchev–Trinajstić information content (AvgIpc) is 2.56. The third-order valence-corrected chi connectivity index (χ3v) is 5.51. The van der Waals surface area contributed by atoms with E-state index in [1.165, 1.54) is 34.8 Å². The van der Waals surface area contributed by atoms with Crippen LogP contribution in [0.3, 0.4) is 0 Å². The van der Waals surface area contributed by atoms with Crippen LogP contribution >= 0.6 is 11.3 Å². The first kappa shape index (κ1) is 14.0. The van der Waals surface area contributed by atoms with Gasteiger partial charge >= 0.3 is 0 Å². The standard InChI is InChI=1S/C15H26N2S/c1-10(2)13-6-5-7-15(16,8-13)9-14-17-11(3)12(4)18-14/h10,13H,5-9,16H2,1-4H3. The molecule has 0 bridgehead atoms. The second-order valence-electron chi connectivity index (χ2n) is 6.39. The lowest BCUT2D eigenvalue weighted by atomic mass is 9.71. The number of hydrogen-bond acceptors (Lipinski definition) is 3. The Morgan fingerprint density at radius 1 is 1.44 bits per heavy atom. The fraction of sp³-hybridized carbons (Fsp3) is 0.800. The third kappa shape index (κ3) is 3.12. The van der Waals surface area contributed by atoms with Crippen molar-refractivity contribution in [2.45, 2.75) is 65.3 Å². The zero-order chi connectivity index (χ0) is 13.3. The summed E-state index contributed by atoms with van der Waals surface area (Å²) >= 11 is 1.83. The van der Waals surface area contributed by atoms with Gasteiger partial charge in [-0.3, -0.25) is 0 Å². The molecule has 2 nitrogen and oxygen atoms in total. The summed E-state index contributed by atoms with van der Waals surface area (Å²) in [5.74, 6) is 1.55. The number of thiazole rings is 1. The highest BCUT2D eigenvalue weighted by atomic mass is 32.1. The molecule has 0 saturated heterocycles. The Hall–Kier alpha value is -0.410. The molecule has 1 aliphatic carbocycles. The van der Waals surface area contributed by atoms with E-state index in [9.17, 15) is 0 Å². The second kappa shape index (κ2) is 5.30. The van der Waals surface area contributed by atoms with Gasteiger partial charge in [-0.2, -0.15) is 0 Å². The van der Waals surface area contributed by atoms with Crippen molar-refractivity contribution in [3.8, 4) is 0 Å². The Labute approximate surface area is 115 Å². The Morgan fingerprint density at radius 2 is 2.17 bits per heavy atom. The minimum Gasteiger partial charge on any atom is -0.325 e. The summed E-state index contributed by atoms with van der Waals surface area (Å²) in [5.41, 5.74) is 7.81. The fourth-order valence-electron chi connectivity index (χ4n) is 3.09. The highest BCUT2D eigenvalue weighted by molar-refractivity contribution is 7.11. The van der Waals surface area contributed by atoms with Crippen LogP contribution in [-0.2, 0) is 6.42 Å². The van der Waals surface area contributed by atoms with Crippen LogP contribution < -0.4 is 5.73 Å². The lowest BCUT2D eigenvalue weighted by Gasteiger charge is -2.39. The van der Waals surface area contributed by atoms with Crippen molar-refractivity contribution in [1.82, 2.24) is 4.98 Å². The lowest BCUT2D eigenvalue weighted by Crippen LogP contribution is -2.47. The molecule has 3 heteroatoms. The Bertz CT molecular complexity index is 391. The van der Waals surface area contributed by atoms with E-state index in [0.717, 1.165) is 24.7 Å². The van der Waals surface area contributed by atoms with Crippen molar-refractivity contribution < 1.29 is 0 Å². The van der Waals surface area contributed by atoms with Crippen molar-refractivity contribution in [3.05, 3.63) is 15.6 Å². The van der Waals surface area contributed by atoms with Gasteiger partial charge < -0.3 is 5.73 Å². The van der Waals surface area contributed by atoms with Gasteiger partial charge in [-0.1, -0.05) is 26.7 Å². The third-order valence-electron chi connectivity index (χ3n) is 4.44. The predicted octanol–water partition coefficient (Wildman–Crippen LogP) is 3.85. The first-order chi connectivity index (χ1) is 8.39. The molecule has 1 fully saturated rings. The fourth-order valence-corrected chi connectivity index (χ4v) is 4.18. The average molecular weight is 266 g/mol. The molecule has 1 aliphatic rings. The highest BCUT2D eigenvalue weighted by Gasteiger charge is 2.34. The zero-order valence-electron chi connectivity index (χ0n) is 12.1. The lowest BCUT2D eigenvalue weighted by molar-refractivity contribution is 0.182. The molecule has 2 unspecified atom stereocenters. The maximum Gasteiger partial charge on any atom is 0.0949 e. The van der Waals surface area contributed by atoms with Crippen molar-refractivity contribution >= 4 is 11.3 Å². The second-order valence-corrected chi connectivity index (χ2v) is 7.68. The largest absolute Gasteiger partial charge is 0.325 e. The van der Waals surface area contributed by atoms with E-state index in [2.05, 4.69) is 32.7 Å². The molecular formula is C15H26N2S. The number of hydrogen-bond donors (Lipinski definition) is 1. The van der Waals surface area contributed by atoms with Crippen LogP contribution in [0.5, 0.6) is 0 Å². The number of nitrogens with two attached hydrogens (primary N) is 1. The minimum absolute atomic E-state index is 0.01000. The van der Waals surface area contributed by atoms with Crippen LogP contribution in [0.15, 0.2) is 0 Å². The van der Waals surface area contributed by atoms with Crippen molar-refractivity contribution in [2.75, 3.05) is 0 Å². The van der Waals surface area contributed by atoms with E-state index in [1.807, 2.05) is 11.3 Å². The molecule has 1 aromatic rings. The molecule has 18 heavy (non-hydrogen) atoms.